The van der Waals surface area contributed by atoms with Gasteiger partial charge < -0.3 is 20.2 Å². The number of nitrogens with zero attached hydrogens (tertiary/aromatic N) is 3. The van der Waals surface area contributed by atoms with E-state index in [2.05, 4.69) is 10.4 Å². The average molecular weight is 291 g/mol. The molecule has 0 fully saturated rings. The fourth-order valence-corrected chi connectivity index (χ4v) is 1.62. The number of aromatic nitrogens is 2. The van der Waals surface area contributed by atoms with Gasteiger partial charge in [0.25, 0.3) is 0 Å². The molecule has 8 nitrogen and oxygen atoms in total. The van der Waals surface area contributed by atoms with Crippen molar-refractivity contribution in [3.63, 3.8) is 0 Å². The van der Waals surface area contributed by atoms with Crippen molar-refractivity contribution in [1.82, 2.24) is 15.1 Å². The van der Waals surface area contributed by atoms with E-state index in [1.54, 1.807) is 14.0 Å². The number of hydrogen-bond donors (Lipinski definition) is 1. The van der Waals surface area contributed by atoms with Crippen molar-refractivity contribution >= 4 is 23.3 Å². The largest absolute Gasteiger partial charge is 0.408 e. The second-order valence-electron chi connectivity index (χ2n) is 3.83. The van der Waals surface area contributed by atoms with Gasteiger partial charge in [0, 0.05) is 20.3 Å². The topological polar surface area (TPSA) is 99.3 Å². The first-order valence-electron chi connectivity index (χ1n) is 5.60. The third kappa shape index (κ3) is 4.18. The third-order valence-corrected chi connectivity index (χ3v) is 2.87. The lowest BCUT2D eigenvalue weighted by molar-refractivity contribution is -0.389. The summed E-state index contributed by atoms with van der Waals surface area (Å²) >= 11 is 5.76. The molecule has 1 heterocycles. The van der Waals surface area contributed by atoms with E-state index in [1.165, 1.54) is 4.68 Å². The SMILES string of the molecule is COCCCNC(=O)Cn1nc([N+](=O)[O-])c(Cl)c1C. The van der Waals surface area contributed by atoms with Crippen LogP contribution in [0.4, 0.5) is 5.82 Å². The highest BCUT2D eigenvalue weighted by Gasteiger charge is 2.24. The Balaban J connectivity index is 2.60. The lowest BCUT2D eigenvalue weighted by atomic mass is 10.4. The Bertz CT molecular complexity index is 474. The van der Waals surface area contributed by atoms with Gasteiger partial charge in [0.1, 0.15) is 6.54 Å². The Morgan fingerprint density at radius 3 is 2.84 bits per heavy atom. The second-order valence-corrected chi connectivity index (χ2v) is 4.21. The first-order valence-corrected chi connectivity index (χ1v) is 5.98. The molecule has 0 aliphatic heterocycles. The minimum atomic E-state index is -0.678. The molecule has 1 amide bonds. The van der Waals surface area contributed by atoms with Crippen molar-refractivity contribution in [3.05, 3.63) is 20.8 Å². The number of nitro groups is 1. The molecule has 0 aliphatic carbocycles. The fraction of sp³-hybridized carbons (Fsp3) is 0.600. The summed E-state index contributed by atoms with van der Waals surface area (Å²) in [4.78, 5) is 21.6. The zero-order valence-electron chi connectivity index (χ0n) is 10.7. The van der Waals surface area contributed by atoms with E-state index in [0.29, 0.717) is 25.3 Å². The molecule has 0 aromatic carbocycles. The van der Waals surface area contributed by atoms with Gasteiger partial charge in [-0.3, -0.25) is 4.79 Å². The normalized spacial score (nSPS) is 10.5. The Morgan fingerprint density at radius 2 is 2.32 bits per heavy atom. The molecule has 1 aromatic heterocycles. The van der Waals surface area contributed by atoms with Crippen LogP contribution in [0.3, 0.4) is 0 Å². The van der Waals surface area contributed by atoms with Crippen molar-refractivity contribution in [2.24, 2.45) is 0 Å². The van der Waals surface area contributed by atoms with Crippen molar-refractivity contribution in [1.29, 1.82) is 0 Å². The number of hydrogen-bond acceptors (Lipinski definition) is 5. The van der Waals surface area contributed by atoms with Crippen molar-refractivity contribution < 1.29 is 14.5 Å². The maximum Gasteiger partial charge on any atom is 0.408 e. The predicted octanol–water partition coefficient (Wildman–Crippen LogP) is 0.906. The van der Waals surface area contributed by atoms with E-state index in [9.17, 15) is 14.9 Å². The van der Waals surface area contributed by atoms with Gasteiger partial charge in [-0.2, -0.15) is 4.68 Å². The van der Waals surface area contributed by atoms with Crippen molar-refractivity contribution in [3.8, 4) is 0 Å². The van der Waals surface area contributed by atoms with Crippen LogP contribution in [0.1, 0.15) is 12.1 Å². The lowest BCUT2D eigenvalue weighted by Crippen LogP contribution is -2.29. The van der Waals surface area contributed by atoms with Gasteiger partial charge in [0.05, 0.1) is 10.8 Å². The summed E-state index contributed by atoms with van der Waals surface area (Å²) in [7, 11) is 1.58. The van der Waals surface area contributed by atoms with Gasteiger partial charge in [-0.25, -0.2) is 0 Å². The summed E-state index contributed by atoms with van der Waals surface area (Å²) in [6, 6.07) is 0. The van der Waals surface area contributed by atoms with Crippen LogP contribution in [0.2, 0.25) is 5.02 Å². The smallest absolute Gasteiger partial charge is 0.385 e. The molecule has 0 aliphatic rings. The third-order valence-electron chi connectivity index (χ3n) is 2.43. The highest BCUT2D eigenvalue weighted by molar-refractivity contribution is 6.33. The molecule has 9 heteroatoms. The number of methoxy groups -OCH3 is 1. The standard InChI is InChI=1S/C10H15ClN4O4/c1-7-9(11)10(15(17)18)13-14(7)6-8(16)12-4-3-5-19-2/h3-6H2,1-2H3,(H,12,16). The van der Waals surface area contributed by atoms with Gasteiger partial charge >= 0.3 is 5.82 Å². The fourth-order valence-electron chi connectivity index (χ4n) is 1.42. The maximum absolute atomic E-state index is 11.6. The van der Waals surface area contributed by atoms with Crippen molar-refractivity contribution in [2.45, 2.75) is 19.9 Å². The molecule has 0 unspecified atom stereocenters. The van der Waals surface area contributed by atoms with E-state index in [0.717, 1.165) is 0 Å². The molecular formula is C10H15ClN4O4. The summed E-state index contributed by atoms with van der Waals surface area (Å²) < 4.78 is 6.06. The minimum absolute atomic E-state index is 0.0443. The van der Waals surface area contributed by atoms with Crippen LogP contribution in [-0.2, 0) is 16.1 Å². The van der Waals surface area contributed by atoms with Crippen LogP contribution in [0.15, 0.2) is 0 Å². The van der Waals surface area contributed by atoms with Gasteiger partial charge in [-0.05, 0) is 18.3 Å². The Kier molecular flexibility index (Phi) is 5.71. The number of nitrogens with one attached hydrogen (secondary N) is 1. The summed E-state index contributed by atoms with van der Waals surface area (Å²) in [6.07, 6.45) is 0.696. The Hall–Kier alpha value is -1.67. The number of ether oxygens (including phenoxy) is 1. The number of carbonyl (C=O) groups excluding carboxylic acids is 1. The predicted molar refractivity (Wildman–Crippen MR) is 68.1 cm³/mol. The van der Waals surface area contributed by atoms with Gasteiger partial charge in [-0.15, -0.1) is 0 Å². The van der Waals surface area contributed by atoms with Crippen LogP contribution >= 0.6 is 11.6 Å². The lowest BCUT2D eigenvalue weighted by Gasteiger charge is -2.04. The monoisotopic (exact) mass is 290 g/mol. The summed E-state index contributed by atoms with van der Waals surface area (Å²) in [5.74, 6) is -0.723. The maximum atomic E-state index is 11.6. The highest BCUT2D eigenvalue weighted by atomic mass is 35.5. The van der Waals surface area contributed by atoms with Crippen LogP contribution in [0.5, 0.6) is 0 Å². The van der Waals surface area contributed by atoms with Crippen LogP contribution in [-0.4, -0.2) is 40.9 Å². The van der Waals surface area contributed by atoms with E-state index >= 15 is 0 Å². The van der Waals surface area contributed by atoms with Gasteiger partial charge in [0.2, 0.25) is 5.91 Å². The molecule has 0 atom stereocenters. The molecule has 0 radical (unpaired) electrons. The Labute approximate surface area is 114 Å². The molecule has 1 rings (SSSR count). The van der Waals surface area contributed by atoms with Gasteiger partial charge in [0.15, 0.2) is 5.02 Å². The molecule has 1 aromatic rings. The summed E-state index contributed by atoms with van der Waals surface area (Å²) in [5.41, 5.74) is 0.389. The first-order chi connectivity index (χ1) is 8.97. The van der Waals surface area contributed by atoms with Crippen LogP contribution in [0, 0.1) is 17.0 Å². The number of halogens is 1. The second kappa shape index (κ2) is 7.05. The zero-order valence-corrected chi connectivity index (χ0v) is 11.4. The molecule has 0 saturated heterocycles. The van der Waals surface area contributed by atoms with Gasteiger partial charge in [-0.1, -0.05) is 11.6 Å². The van der Waals surface area contributed by atoms with Crippen LogP contribution in [0.25, 0.3) is 0 Å². The summed E-state index contributed by atoms with van der Waals surface area (Å²) in [6.45, 7) is 2.49. The molecule has 0 saturated carbocycles. The van der Waals surface area contributed by atoms with Crippen LogP contribution < -0.4 is 5.32 Å². The van der Waals surface area contributed by atoms with E-state index in [4.69, 9.17) is 16.3 Å². The van der Waals surface area contributed by atoms with E-state index in [1.807, 2.05) is 0 Å². The average Bonchev–Trinajstić information content (AvgIpc) is 2.63. The highest BCUT2D eigenvalue weighted by Crippen LogP contribution is 2.26. The van der Waals surface area contributed by atoms with E-state index in [-0.39, 0.29) is 17.5 Å². The van der Waals surface area contributed by atoms with Crippen molar-refractivity contribution in [2.75, 3.05) is 20.3 Å². The molecule has 106 valence electrons. The first kappa shape index (κ1) is 15.4. The molecule has 0 bridgehead atoms. The number of amides is 1. The quantitative estimate of drug-likeness (QED) is 0.457. The van der Waals surface area contributed by atoms with E-state index < -0.39 is 10.7 Å². The molecule has 1 N–H and O–H groups in total. The summed E-state index contributed by atoms with van der Waals surface area (Å²) in [5, 5.41) is 17.0. The number of carbonyl (C=O) groups is 1. The molecular weight excluding hydrogens is 276 g/mol. The Morgan fingerprint density at radius 1 is 1.63 bits per heavy atom. The number of rotatable bonds is 7. The zero-order chi connectivity index (χ0) is 14.4. The minimum Gasteiger partial charge on any atom is -0.385 e. The molecule has 19 heavy (non-hydrogen) atoms. The molecule has 0 spiro atoms.